The van der Waals surface area contributed by atoms with Crippen molar-refractivity contribution >= 4 is 35.8 Å². The van der Waals surface area contributed by atoms with Crippen molar-refractivity contribution in [1.82, 2.24) is 15.0 Å². The summed E-state index contributed by atoms with van der Waals surface area (Å²) in [6.45, 7) is 0. The van der Waals surface area contributed by atoms with Gasteiger partial charge in [0.2, 0.25) is 7.28 Å². The van der Waals surface area contributed by atoms with E-state index in [1.807, 2.05) is 12.2 Å². The normalized spacial score (nSPS) is 13.3. The number of fused-ring (bicyclic) bond motifs is 2. The number of hydrogen-bond acceptors (Lipinski definition) is 3. The number of hydrogen-bond donors (Lipinski definition) is 1. The molecule has 3 rings (SSSR count). The Hall–Kier alpha value is -1.65. The minimum atomic E-state index is 0.838. The first-order valence-electron chi connectivity index (χ1n) is 3.79. The lowest BCUT2D eigenvalue weighted by atomic mass is 9.77. The molecule has 0 spiro atoms. The van der Waals surface area contributed by atoms with Gasteiger partial charge < -0.3 is 4.98 Å². The molecular formula is C7H5BN4. The summed E-state index contributed by atoms with van der Waals surface area (Å²) >= 11 is 0. The molecule has 2 aromatic rings. The molecule has 0 amide bonds. The molecule has 2 aromatic heterocycles. The highest BCUT2D eigenvalue weighted by Crippen LogP contribution is 2.15. The van der Waals surface area contributed by atoms with Crippen molar-refractivity contribution in [2.24, 2.45) is 4.99 Å². The molecule has 4 nitrogen and oxygen atoms in total. The molecule has 0 saturated carbocycles. The Kier molecular flexibility index (Phi) is 0.959. The predicted octanol–water partition coefficient (Wildman–Crippen LogP) is -0.307. The molecule has 1 aliphatic rings. The van der Waals surface area contributed by atoms with Crippen LogP contribution in [0.2, 0.25) is 0 Å². The second-order valence-corrected chi connectivity index (χ2v) is 2.74. The molecule has 5 heteroatoms. The number of aromatic nitrogens is 3. The molecule has 0 aromatic carbocycles. The molecule has 0 fully saturated rings. The van der Waals surface area contributed by atoms with Gasteiger partial charge in [-0.25, -0.2) is 9.97 Å². The monoisotopic (exact) mass is 156 g/mol. The van der Waals surface area contributed by atoms with Crippen molar-refractivity contribution in [1.29, 1.82) is 0 Å². The van der Waals surface area contributed by atoms with E-state index in [0.717, 1.165) is 29.7 Å². The molecule has 0 aliphatic carbocycles. The lowest BCUT2D eigenvalue weighted by Gasteiger charge is -1.94. The predicted molar refractivity (Wildman–Crippen MR) is 48.8 cm³/mol. The molecule has 0 unspecified atom stereocenters. The lowest BCUT2D eigenvalue weighted by Crippen LogP contribution is -2.15. The van der Waals surface area contributed by atoms with E-state index >= 15 is 0 Å². The number of nitrogens with zero attached hydrogens (tertiary/aromatic N) is 3. The third-order valence-electron chi connectivity index (χ3n) is 1.98. The SMILES string of the molecule is B1C=Nc2cc3nc[nH]c3nc21. The summed E-state index contributed by atoms with van der Waals surface area (Å²) in [5.41, 5.74) is 3.72. The largest absolute Gasteiger partial charge is 0.329 e. The van der Waals surface area contributed by atoms with Crippen LogP contribution in [-0.2, 0) is 0 Å². The van der Waals surface area contributed by atoms with Crippen LogP contribution in [-0.4, -0.2) is 28.3 Å². The highest BCUT2D eigenvalue weighted by atomic mass is 15.0. The van der Waals surface area contributed by atoms with Crippen LogP contribution < -0.4 is 5.59 Å². The van der Waals surface area contributed by atoms with Gasteiger partial charge in [0.1, 0.15) is 5.52 Å². The summed E-state index contributed by atoms with van der Waals surface area (Å²) in [7, 11) is 0.838. The number of nitrogens with one attached hydrogen (secondary N) is 1. The van der Waals surface area contributed by atoms with Gasteiger partial charge in [0, 0.05) is 5.59 Å². The maximum Gasteiger partial charge on any atom is 0.233 e. The Morgan fingerprint density at radius 1 is 1.42 bits per heavy atom. The van der Waals surface area contributed by atoms with Gasteiger partial charge in [-0.05, 0) is 12.2 Å². The van der Waals surface area contributed by atoms with Crippen molar-refractivity contribution in [3.8, 4) is 0 Å². The summed E-state index contributed by atoms with van der Waals surface area (Å²) in [5, 5.41) is 0. The molecular weight excluding hydrogens is 151 g/mol. The van der Waals surface area contributed by atoms with Crippen LogP contribution in [0, 0.1) is 0 Å². The van der Waals surface area contributed by atoms with Gasteiger partial charge in [-0.1, -0.05) is 0 Å². The van der Waals surface area contributed by atoms with Crippen molar-refractivity contribution in [3.63, 3.8) is 0 Å². The van der Waals surface area contributed by atoms with Crippen molar-refractivity contribution in [2.45, 2.75) is 0 Å². The molecule has 1 N–H and O–H groups in total. The molecule has 12 heavy (non-hydrogen) atoms. The molecule has 1 aliphatic heterocycles. The molecule has 0 saturated heterocycles. The average molecular weight is 156 g/mol. The Morgan fingerprint density at radius 2 is 2.42 bits per heavy atom. The fraction of sp³-hybridized carbons (Fsp3) is 0. The summed E-state index contributed by atoms with van der Waals surface area (Å²) in [6.07, 6.45) is 3.52. The number of pyridine rings is 1. The zero-order valence-corrected chi connectivity index (χ0v) is 6.28. The quantitative estimate of drug-likeness (QED) is 0.532. The fourth-order valence-corrected chi connectivity index (χ4v) is 1.39. The minimum Gasteiger partial charge on any atom is -0.329 e. The first-order valence-corrected chi connectivity index (χ1v) is 3.79. The van der Waals surface area contributed by atoms with Gasteiger partial charge >= 0.3 is 0 Å². The van der Waals surface area contributed by atoms with E-state index in [1.165, 1.54) is 0 Å². The number of aliphatic imine (C=N–C) groups is 1. The van der Waals surface area contributed by atoms with E-state index in [1.54, 1.807) is 6.33 Å². The Labute approximate surface area is 69.0 Å². The first kappa shape index (κ1) is 5.94. The lowest BCUT2D eigenvalue weighted by molar-refractivity contribution is 1.32. The zero-order valence-electron chi connectivity index (χ0n) is 6.28. The third-order valence-corrected chi connectivity index (χ3v) is 1.98. The number of H-pyrrole nitrogens is 1. The van der Waals surface area contributed by atoms with Gasteiger partial charge in [0.15, 0.2) is 5.65 Å². The summed E-state index contributed by atoms with van der Waals surface area (Å²) in [5.74, 6) is 0. The van der Waals surface area contributed by atoms with Gasteiger partial charge in [0.25, 0.3) is 0 Å². The second kappa shape index (κ2) is 1.94. The smallest absolute Gasteiger partial charge is 0.233 e. The Bertz CT molecular complexity index is 473. The van der Waals surface area contributed by atoms with Gasteiger partial charge in [-0.3, -0.25) is 4.99 Å². The van der Waals surface area contributed by atoms with E-state index in [9.17, 15) is 0 Å². The van der Waals surface area contributed by atoms with Crippen molar-refractivity contribution < 1.29 is 0 Å². The van der Waals surface area contributed by atoms with Crippen LogP contribution in [0.1, 0.15) is 0 Å². The van der Waals surface area contributed by atoms with Crippen LogP contribution >= 0.6 is 0 Å². The fourth-order valence-electron chi connectivity index (χ4n) is 1.39. The topological polar surface area (TPSA) is 53.9 Å². The van der Waals surface area contributed by atoms with Crippen LogP contribution in [0.4, 0.5) is 5.69 Å². The Balaban J connectivity index is 2.43. The summed E-state index contributed by atoms with van der Waals surface area (Å²) < 4.78 is 0. The molecule has 56 valence electrons. The molecule has 0 atom stereocenters. The standard InChI is InChI=1S/C7H5BN4/c1-4-6(8-2-9-4)12-7-5(1)10-3-11-7/h1-3,8H,(H,10,11,12). The van der Waals surface area contributed by atoms with E-state index in [4.69, 9.17) is 0 Å². The maximum atomic E-state index is 4.37. The third kappa shape index (κ3) is 0.651. The van der Waals surface area contributed by atoms with Crippen LogP contribution in [0.5, 0.6) is 0 Å². The molecule has 0 radical (unpaired) electrons. The highest BCUT2D eigenvalue weighted by Gasteiger charge is 2.11. The minimum absolute atomic E-state index is 0.838. The number of rotatable bonds is 0. The van der Waals surface area contributed by atoms with E-state index < -0.39 is 0 Å². The number of imidazole rings is 1. The van der Waals surface area contributed by atoms with E-state index in [-0.39, 0.29) is 0 Å². The molecule has 0 bridgehead atoms. The van der Waals surface area contributed by atoms with E-state index in [0.29, 0.717) is 0 Å². The Morgan fingerprint density at radius 3 is 3.42 bits per heavy atom. The van der Waals surface area contributed by atoms with Crippen molar-refractivity contribution in [3.05, 3.63) is 12.4 Å². The van der Waals surface area contributed by atoms with Gasteiger partial charge in [0.05, 0.1) is 12.0 Å². The van der Waals surface area contributed by atoms with Crippen molar-refractivity contribution in [2.75, 3.05) is 0 Å². The number of aromatic amines is 1. The van der Waals surface area contributed by atoms with Crippen LogP contribution in [0.25, 0.3) is 11.2 Å². The van der Waals surface area contributed by atoms with Gasteiger partial charge in [-0.15, -0.1) is 0 Å². The van der Waals surface area contributed by atoms with E-state index in [2.05, 4.69) is 19.9 Å². The van der Waals surface area contributed by atoms with Crippen LogP contribution in [0.15, 0.2) is 17.4 Å². The first-order chi connectivity index (χ1) is 5.93. The maximum absolute atomic E-state index is 4.37. The van der Waals surface area contributed by atoms with Crippen LogP contribution in [0.3, 0.4) is 0 Å². The zero-order chi connectivity index (χ0) is 7.97. The summed E-state index contributed by atoms with van der Waals surface area (Å²) in [6, 6.07) is 1.96. The average Bonchev–Trinajstić information content (AvgIpc) is 2.64. The highest BCUT2D eigenvalue weighted by molar-refractivity contribution is 6.81. The summed E-state index contributed by atoms with van der Waals surface area (Å²) in [4.78, 5) is 15.6. The van der Waals surface area contributed by atoms with Gasteiger partial charge in [-0.2, -0.15) is 0 Å². The second-order valence-electron chi connectivity index (χ2n) is 2.74. The molecule has 3 heterocycles.